The van der Waals surface area contributed by atoms with Crippen molar-refractivity contribution >= 4 is 28.8 Å². The molecule has 2 heterocycles. The molecule has 0 radical (unpaired) electrons. The third-order valence-electron chi connectivity index (χ3n) is 4.89. The van der Waals surface area contributed by atoms with E-state index in [1.807, 2.05) is 36.6 Å². The molecule has 1 amide bonds. The molecule has 1 aromatic carbocycles. The molecule has 2 aromatic heterocycles. The lowest BCUT2D eigenvalue weighted by Gasteiger charge is -2.13. The summed E-state index contributed by atoms with van der Waals surface area (Å²) in [6.45, 7) is 4.87. The maximum absolute atomic E-state index is 12.3. The van der Waals surface area contributed by atoms with Crippen LogP contribution in [0, 0.1) is 6.92 Å². The number of hydrogen-bond donors (Lipinski definition) is 1. The van der Waals surface area contributed by atoms with E-state index in [1.54, 1.807) is 11.3 Å². The van der Waals surface area contributed by atoms with Gasteiger partial charge in [0.25, 0.3) is 5.91 Å². The van der Waals surface area contributed by atoms with Crippen LogP contribution in [-0.2, 0) is 13.0 Å². The van der Waals surface area contributed by atoms with Crippen molar-refractivity contribution in [3.8, 4) is 10.4 Å². The summed E-state index contributed by atoms with van der Waals surface area (Å²) >= 11 is 7.83. The lowest BCUT2D eigenvalue weighted by molar-refractivity contribution is 0.1000. The molecular formula is C22H25ClN2OS. The summed E-state index contributed by atoms with van der Waals surface area (Å²) in [6.07, 6.45) is 4.34. The van der Waals surface area contributed by atoms with Gasteiger partial charge in [-0.1, -0.05) is 49.6 Å². The quantitative estimate of drug-likeness (QED) is 0.459. The predicted molar refractivity (Wildman–Crippen MR) is 115 cm³/mol. The van der Waals surface area contributed by atoms with E-state index in [9.17, 15) is 4.79 Å². The molecule has 0 atom stereocenters. The Morgan fingerprint density at radius 3 is 2.67 bits per heavy atom. The number of nitrogens with two attached hydrogens (primary N) is 1. The first-order valence-electron chi connectivity index (χ1n) is 9.33. The minimum absolute atomic E-state index is 0.363. The van der Waals surface area contributed by atoms with Gasteiger partial charge in [-0.3, -0.25) is 4.79 Å². The second-order valence-electron chi connectivity index (χ2n) is 6.80. The van der Waals surface area contributed by atoms with Crippen LogP contribution in [0.5, 0.6) is 0 Å². The molecule has 3 aromatic rings. The highest BCUT2D eigenvalue weighted by Crippen LogP contribution is 2.37. The van der Waals surface area contributed by atoms with E-state index in [1.165, 1.54) is 5.69 Å². The average molecular weight is 401 g/mol. The smallest absolute Gasteiger partial charge is 0.251 e. The zero-order valence-electron chi connectivity index (χ0n) is 15.8. The number of halogens is 1. The molecule has 0 aliphatic carbocycles. The summed E-state index contributed by atoms with van der Waals surface area (Å²) in [6, 6.07) is 12.0. The Kier molecular flexibility index (Phi) is 6.40. The van der Waals surface area contributed by atoms with Crippen LogP contribution in [0.3, 0.4) is 0 Å². The summed E-state index contributed by atoms with van der Waals surface area (Å²) in [5.41, 5.74) is 10.7. The normalized spacial score (nSPS) is 11.1. The minimum atomic E-state index is -0.363. The van der Waals surface area contributed by atoms with Crippen LogP contribution in [-0.4, -0.2) is 10.5 Å². The molecule has 0 saturated heterocycles. The summed E-state index contributed by atoms with van der Waals surface area (Å²) in [5.74, 6) is -0.363. The van der Waals surface area contributed by atoms with E-state index < -0.39 is 0 Å². The van der Waals surface area contributed by atoms with E-state index in [0.29, 0.717) is 12.1 Å². The standard InChI is InChI=1S/C22H25ClN2OS/c1-3-4-5-10-18-21(19-11-7-12-27-19)20(22(24)26)15(2)25(18)14-16-8-6-9-17(23)13-16/h6-9,11-13H,3-5,10,14H2,1-2H3,(H2,24,26). The van der Waals surface area contributed by atoms with E-state index in [2.05, 4.69) is 23.6 Å². The Morgan fingerprint density at radius 2 is 2.04 bits per heavy atom. The highest BCUT2D eigenvalue weighted by atomic mass is 35.5. The number of hydrogen-bond acceptors (Lipinski definition) is 2. The van der Waals surface area contributed by atoms with Gasteiger partial charge in [0.1, 0.15) is 0 Å². The molecule has 27 heavy (non-hydrogen) atoms. The van der Waals surface area contributed by atoms with Crippen molar-refractivity contribution in [3.05, 3.63) is 69.3 Å². The van der Waals surface area contributed by atoms with Gasteiger partial charge in [0.05, 0.1) is 5.56 Å². The first kappa shape index (κ1) is 19.7. The first-order chi connectivity index (χ1) is 13.0. The van der Waals surface area contributed by atoms with Crippen molar-refractivity contribution in [3.63, 3.8) is 0 Å². The average Bonchev–Trinajstić information content (AvgIpc) is 3.23. The van der Waals surface area contributed by atoms with Gasteiger partial charge < -0.3 is 10.3 Å². The van der Waals surface area contributed by atoms with Gasteiger partial charge in [-0.25, -0.2) is 0 Å². The Labute approximate surface area is 169 Å². The van der Waals surface area contributed by atoms with Crippen LogP contribution in [0.15, 0.2) is 41.8 Å². The van der Waals surface area contributed by atoms with Crippen LogP contribution in [0.2, 0.25) is 5.02 Å². The van der Waals surface area contributed by atoms with Crippen molar-refractivity contribution in [2.24, 2.45) is 5.73 Å². The number of unbranched alkanes of at least 4 members (excludes halogenated alkanes) is 2. The van der Waals surface area contributed by atoms with E-state index >= 15 is 0 Å². The van der Waals surface area contributed by atoms with E-state index in [-0.39, 0.29) is 5.91 Å². The van der Waals surface area contributed by atoms with Crippen molar-refractivity contribution in [1.82, 2.24) is 4.57 Å². The Morgan fingerprint density at radius 1 is 1.22 bits per heavy atom. The number of amides is 1. The lowest BCUT2D eigenvalue weighted by atomic mass is 10.0. The summed E-state index contributed by atoms with van der Waals surface area (Å²) in [5, 5.41) is 2.76. The van der Waals surface area contributed by atoms with Crippen LogP contribution >= 0.6 is 22.9 Å². The molecule has 0 spiro atoms. The molecule has 0 saturated carbocycles. The monoisotopic (exact) mass is 400 g/mol. The number of carbonyl (C=O) groups is 1. The maximum Gasteiger partial charge on any atom is 0.251 e. The first-order valence-corrected chi connectivity index (χ1v) is 10.6. The molecule has 142 valence electrons. The van der Waals surface area contributed by atoms with Crippen molar-refractivity contribution in [2.75, 3.05) is 0 Å². The summed E-state index contributed by atoms with van der Waals surface area (Å²) in [7, 11) is 0. The second-order valence-corrected chi connectivity index (χ2v) is 8.18. The fourth-order valence-electron chi connectivity index (χ4n) is 3.62. The number of aromatic nitrogens is 1. The number of thiophene rings is 1. The van der Waals surface area contributed by atoms with Gasteiger partial charge in [-0.05, 0) is 48.9 Å². The van der Waals surface area contributed by atoms with Crippen LogP contribution in [0.25, 0.3) is 10.4 Å². The largest absolute Gasteiger partial charge is 0.366 e. The van der Waals surface area contributed by atoms with Crippen LogP contribution < -0.4 is 5.73 Å². The number of carbonyl (C=O) groups excluding carboxylic acids is 1. The van der Waals surface area contributed by atoms with Crippen molar-refractivity contribution in [2.45, 2.75) is 46.1 Å². The topological polar surface area (TPSA) is 48.0 Å². The van der Waals surface area contributed by atoms with Gasteiger partial charge >= 0.3 is 0 Å². The third kappa shape index (κ3) is 4.28. The van der Waals surface area contributed by atoms with Crippen LogP contribution in [0.1, 0.15) is 53.5 Å². The molecule has 0 aliphatic heterocycles. The van der Waals surface area contributed by atoms with Gasteiger partial charge in [-0.15, -0.1) is 11.3 Å². The SMILES string of the molecule is CCCCCc1c(-c2cccs2)c(C(N)=O)c(C)n1Cc1cccc(Cl)c1. The third-order valence-corrected chi connectivity index (χ3v) is 6.01. The fourth-order valence-corrected chi connectivity index (χ4v) is 4.63. The van der Waals surface area contributed by atoms with Crippen molar-refractivity contribution < 1.29 is 4.79 Å². The van der Waals surface area contributed by atoms with E-state index in [0.717, 1.165) is 52.4 Å². The Balaban J connectivity index is 2.15. The van der Waals surface area contributed by atoms with Gasteiger partial charge in [0.2, 0.25) is 0 Å². The van der Waals surface area contributed by atoms with Gasteiger partial charge in [0.15, 0.2) is 0 Å². The summed E-state index contributed by atoms with van der Waals surface area (Å²) in [4.78, 5) is 13.4. The number of nitrogens with zero attached hydrogens (tertiary/aromatic N) is 1. The number of benzene rings is 1. The molecule has 5 heteroatoms. The minimum Gasteiger partial charge on any atom is -0.366 e. The molecule has 0 aliphatic rings. The zero-order valence-corrected chi connectivity index (χ0v) is 17.4. The molecular weight excluding hydrogens is 376 g/mol. The fraction of sp³-hybridized carbons (Fsp3) is 0.318. The van der Waals surface area contributed by atoms with Crippen LogP contribution in [0.4, 0.5) is 0 Å². The van der Waals surface area contributed by atoms with Crippen molar-refractivity contribution in [1.29, 1.82) is 0 Å². The van der Waals surface area contributed by atoms with E-state index in [4.69, 9.17) is 17.3 Å². The Bertz CT molecular complexity index is 928. The predicted octanol–water partition coefficient (Wildman–Crippen LogP) is 6.06. The Hall–Kier alpha value is -2.04. The molecule has 0 bridgehead atoms. The summed E-state index contributed by atoms with van der Waals surface area (Å²) < 4.78 is 2.25. The molecule has 3 nitrogen and oxygen atoms in total. The second kappa shape index (κ2) is 8.77. The molecule has 3 rings (SSSR count). The van der Waals surface area contributed by atoms with Gasteiger partial charge in [-0.2, -0.15) is 0 Å². The number of primary amides is 1. The molecule has 2 N–H and O–H groups in total. The maximum atomic E-state index is 12.3. The lowest BCUT2D eigenvalue weighted by Crippen LogP contribution is -2.13. The highest BCUT2D eigenvalue weighted by Gasteiger charge is 2.25. The molecule has 0 fully saturated rings. The van der Waals surface area contributed by atoms with Gasteiger partial charge in [0, 0.05) is 33.4 Å². The highest BCUT2D eigenvalue weighted by molar-refractivity contribution is 7.13. The molecule has 0 unspecified atom stereocenters. The zero-order chi connectivity index (χ0) is 19.4. The number of rotatable bonds is 8.